The van der Waals surface area contributed by atoms with Gasteiger partial charge in [-0.2, -0.15) is 0 Å². The zero-order valence-corrected chi connectivity index (χ0v) is 24.2. The van der Waals surface area contributed by atoms with Gasteiger partial charge in [0.2, 0.25) is 0 Å². The van der Waals surface area contributed by atoms with Gasteiger partial charge in [-0.05, 0) is 75.1 Å². The molecular formula is C34H35N3O5. The van der Waals surface area contributed by atoms with E-state index in [4.69, 9.17) is 14.0 Å². The van der Waals surface area contributed by atoms with Gasteiger partial charge in [0.1, 0.15) is 17.5 Å². The van der Waals surface area contributed by atoms with Gasteiger partial charge >= 0.3 is 12.1 Å². The Balaban J connectivity index is 1.16. The number of hydrogen-bond acceptors (Lipinski definition) is 7. The summed E-state index contributed by atoms with van der Waals surface area (Å²) in [6.45, 7) is 5.82. The summed E-state index contributed by atoms with van der Waals surface area (Å²) in [5.41, 5.74) is 5.05. The van der Waals surface area contributed by atoms with E-state index in [9.17, 15) is 9.59 Å². The van der Waals surface area contributed by atoms with Crippen LogP contribution in [-0.2, 0) is 19.7 Å². The predicted molar refractivity (Wildman–Crippen MR) is 159 cm³/mol. The Labute approximate surface area is 245 Å². The smallest absolute Gasteiger partial charge is 0.412 e. The summed E-state index contributed by atoms with van der Waals surface area (Å²) in [6, 6.07) is 21.4. The quantitative estimate of drug-likeness (QED) is 0.218. The van der Waals surface area contributed by atoms with Gasteiger partial charge in [-0.3, -0.25) is 15.1 Å². The molecule has 42 heavy (non-hydrogen) atoms. The van der Waals surface area contributed by atoms with Crippen molar-refractivity contribution in [3.63, 3.8) is 0 Å². The Hall–Kier alpha value is -4.46. The number of nitrogens with zero attached hydrogens (tertiary/aromatic N) is 2. The lowest BCUT2D eigenvalue weighted by Gasteiger charge is -2.59. The van der Waals surface area contributed by atoms with E-state index in [-0.39, 0.29) is 5.97 Å². The van der Waals surface area contributed by atoms with Crippen molar-refractivity contribution in [1.29, 1.82) is 0 Å². The Kier molecular flexibility index (Phi) is 7.31. The highest BCUT2D eigenvalue weighted by molar-refractivity contribution is 5.91. The molecule has 2 aliphatic carbocycles. The maximum absolute atomic E-state index is 13.0. The number of ether oxygens (including phenoxy) is 2. The Bertz CT molecular complexity index is 1570. The van der Waals surface area contributed by atoms with Crippen molar-refractivity contribution < 1.29 is 23.6 Å². The van der Waals surface area contributed by atoms with Gasteiger partial charge in [0.25, 0.3) is 0 Å². The largest absolute Gasteiger partial charge is 0.465 e. The maximum atomic E-state index is 13.0. The Morgan fingerprint density at radius 2 is 1.71 bits per heavy atom. The minimum Gasteiger partial charge on any atom is -0.465 e. The Morgan fingerprint density at radius 3 is 2.33 bits per heavy atom. The first-order valence-electron chi connectivity index (χ1n) is 14.6. The summed E-state index contributed by atoms with van der Waals surface area (Å²) in [5.74, 6) is 0.292. The minimum absolute atomic E-state index is 0.108. The molecule has 2 saturated carbocycles. The van der Waals surface area contributed by atoms with Gasteiger partial charge in [-0.1, -0.05) is 66.2 Å². The fourth-order valence-electron chi connectivity index (χ4n) is 6.45. The van der Waals surface area contributed by atoms with E-state index in [1.807, 2.05) is 80.6 Å². The topological polar surface area (TPSA) is 104 Å². The average molecular weight is 566 g/mol. The fourth-order valence-corrected chi connectivity index (χ4v) is 6.45. The standard InChI is InChI=1S/C34H35N3O5/c1-4-40-31(38)34(20-33(21-34)17-8-18-33)27-14-11-25(12-15-27)28-16-13-26(19-35-28)30-29(22(2)37-42-30)36-32(39)41-23(3)24-9-6-5-7-10-24/h5-7,9-16,19,23H,4,8,17-18,20-21H2,1-3H3,(H,36,39)/t23-/m1/s1. The van der Waals surface area contributed by atoms with E-state index in [0.29, 0.717) is 34.7 Å². The number of hydrogen-bond donors (Lipinski definition) is 1. The van der Waals surface area contributed by atoms with Crippen LogP contribution in [-0.4, -0.2) is 28.8 Å². The lowest BCUT2D eigenvalue weighted by Crippen LogP contribution is -2.57. The number of amides is 1. The molecule has 0 unspecified atom stereocenters. The third kappa shape index (κ3) is 5.06. The first-order chi connectivity index (χ1) is 20.3. The minimum atomic E-state index is -0.598. The lowest BCUT2D eigenvalue weighted by atomic mass is 9.43. The molecule has 1 spiro atoms. The van der Waals surface area contributed by atoms with Crippen LogP contribution < -0.4 is 5.32 Å². The van der Waals surface area contributed by atoms with E-state index in [2.05, 4.69) is 15.5 Å². The number of esters is 1. The van der Waals surface area contributed by atoms with Crippen molar-refractivity contribution in [2.45, 2.75) is 64.4 Å². The highest BCUT2D eigenvalue weighted by Crippen LogP contribution is 2.65. The van der Waals surface area contributed by atoms with Crippen LogP contribution in [0.4, 0.5) is 10.5 Å². The van der Waals surface area contributed by atoms with Crippen LogP contribution in [0.5, 0.6) is 0 Å². The first-order valence-corrected chi connectivity index (χ1v) is 14.6. The van der Waals surface area contributed by atoms with Crippen LogP contribution in [0.2, 0.25) is 0 Å². The third-order valence-corrected chi connectivity index (χ3v) is 8.84. The summed E-state index contributed by atoms with van der Waals surface area (Å²) in [6.07, 6.45) is 6.09. The molecule has 216 valence electrons. The number of nitrogens with one attached hydrogen (secondary N) is 1. The van der Waals surface area contributed by atoms with Crippen molar-refractivity contribution in [2.75, 3.05) is 11.9 Å². The second kappa shape index (κ2) is 11.1. The molecule has 2 heterocycles. The summed E-state index contributed by atoms with van der Waals surface area (Å²) < 4.78 is 16.6. The molecule has 2 fully saturated rings. The number of aromatic nitrogens is 2. The first kappa shape index (κ1) is 27.7. The zero-order chi connectivity index (χ0) is 29.3. The molecule has 8 nitrogen and oxygen atoms in total. The second-order valence-corrected chi connectivity index (χ2v) is 11.6. The van der Waals surface area contributed by atoms with Crippen LogP contribution in [0, 0.1) is 12.3 Å². The fraction of sp³-hybridized carbons (Fsp3) is 0.353. The van der Waals surface area contributed by atoms with E-state index < -0.39 is 17.6 Å². The predicted octanol–water partition coefficient (Wildman–Crippen LogP) is 7.79. The van der Waals surface area contributed by atoms with Gasteiger partial charge < -0.3 is 14.0 Å². The third-order valence-electron chi connectivity index (χ3n) is 8.84. The lowest BCUT2D eigenvalue weighted by molar-refractivity contribution is -0.166. The molecule has 0 radical (unpaired) electrons. The Morgan fingerprint density at radius 1 is 1.00 bits per heavy atom. The molecule has 2 aliphatic rings. The normalized spacial score (nSPS) is 17.0. The van der Waals surface area contributed by atoms with Crippen LogP contribution >= 0.6 is 0 Å². The van der Waals surface area contributed by atoms with Crippen molar-refractivity contribution in [2.24, 2.45) is 5.41 Å². The number of aryl methyl sites for hydroxylation is 1. The van der Waals surface area contributed by atoms with Crippen molar-refractivity contribution in [3.8, 4) is 22.6 Å². The molecular weight excluding hydrogens is 530 g/mol. The van der Waals surface area contributed by atoms with E-state index in [0.717, 1.165) is 35.2 Å². The molecule has 1 atom stereocenters. The highest BCUT2D eigenvalue weighted by Gasteiger charge is 2.62. The molecule has 1 N–H and O–H groups in total. The second-order valence-electron chi connectivity index (χ2n) is 11.6. The molecule has 8 heteroatoms. The maximum Gasteiger partial charge on any atom is 0.412 e. The summed E-state index contributed by atoms with van der Waals surface area (Å²) in [4.78, 5) is 30.4. The van der Waals surface area contributed by atoms with Crippen molar-refractivity contribution in [1.82, 2.24) is 10.1 Å². The van der Waals surface area contributed by atoms with Crippen LogP contribution in [0.15, 0.2) is 77.4 Å². The molecule has 0 bridgehead atoms. The summed E-state index contributed by atoms with van der Waals surface area (Å²) >= 11 is 0. The highest BCUT2D eigenvalue weighted by atomic mass is 16.6. The van der Waals surface area contributed by atoms with E-state index >= 15 is 0 Å². The van der Waals surface area contributed by atoms with Crippen molar-refractivity contribution in [3.05, 3.63) is 89.7 Å². The molecule has 6 rings (SSSR count). The van der Waals surface area contributed by atoms with E-state index in [1.165, 1.54) is 19.3 Å². The van der Waals surface area contributed by atoms with Crippen molar-refractivity contribution >= 4 is 17.7 Å². The number of benzene rings is 2. The van der Waals surface area contributed by atoms with Crippen LogP contribution in [0.3, 0.4) is 0 Å². The molecule has 4 aromatic rings. The summed E-state index contributed by atoms with van der Waals surface area (Å²) in [7, 11) is 0. The number of carbonyl (C=O) groups excluding carboxylic acids is 2. The van der Waals surface area contributed by atoms with Gasteiger partial charge in [0.15, 0.2) is 5.76 Å². The summed E-state index contributed by atoms with van der Waals surface area (Å²) in [5, 5.41) is 6.83. The molecule has 2 aromatic heterocycles. The van der Waals surface area contributed by atoms with Gasteiger partial charge in [0.05, 0.1) is 17.7 Å². The average Bonchev–Trinajstić information content (AvgIpc) is 3.32. The molecule has 0 aliphatic heterocycles. The number of carbonyl (C=O) groups is 2. The zero-order valence-electron chi connectivity index (χ0n) is 24.2. The molecule has 0 saturated heterocycles. The molecule has 1 amide bonds. The van der Waals surface area contributed by atoms with Crippen LogP contribution in [0.25, 0.3) is 22.6 Å². The van der Waals surface area contributed by atoms with Crippen LogP contribution in [0.1, 0.15) is 68.9 Å². The van der Waals surface area contributed by atoms with Gasteiger partial charge in [0, 0.05) is 17.3 Å². The molecule has 2 aromatic carbocycles. The van der Waals surface area contributed by atoms with Gasteiger partial charge in [-0.15, -0.1) is 0 Å². The monoisotopic (exact) mass is 565 g/mol. The number of anilines is 1. The van der Waals surface area contributed by atoms with E-state index in [1.54, 1.807) is 13.1 Å². The number of pyridine rings is 1. The number of rotatable bonds is 8. The van der Waals surface area contributed by atoms with Gasteiger partial charge in [-0.25, -0.2) is 4.79 Å². The SMILES string of the molecule is CCOC(=O)C1(c2ccc(-c3ccc(-c4onc(C)c4NC(=O)O[C@H](C)c4ccccc4)cn3)cc2)CC2(CCC2)C1.